The topological polar surface area (TPSA) is 88.0 Å². The van der Waals surface area contributed by atoms with E-state index < -0.39 is 11.9 Å². The first-order valence-electron chi connectivity index (χ1n) is 7.84. The summed E-state index contributed by atoms with van der Waals surface area (Å²) in [6.07, 6.45) is 1.29. The first-order valence-corrected chi connectivity index (χ1v) is 7.84. The van der Waals surface area contributed by atoms with E-state index in [9.17, 15) is 9.59 Å². The van der Waals surface area contributed by atoms with Crippen LogP contribution in [0.25, 0.3) is 0 Å². The van der Waals surface area contributed by atoms with Crippen molar-refractivity contribution in [2.75, 3.05) is 6.61 Å². The molecule has 2 rings (SSSR count). The largest absolute Gasteiger partial charge is 0.484 e. The molecular weight excluding hydrogens is 320 g/mol. The minimum absolute atomic E-state index is 0.113. The SMILES string of the molecule is CC(C)c1ccc(OCC(=O)N/N=C/c2ccccc2C(=O)O)cc1. The van der Waals surface area contributed by atoms with Gasteiger partial charge in [0, 0.05) is 5.56 Å². The first kappa shape index (κ1) is 18.2. The number of benzene rings is 2. The number of carbonyl (C=O) groups is 2. The zero-order valence-corrected chi connectivity index (χ0v) is 14.1. The highest BCUT2D eigenvalue weighted by Crippen LogP contribution is 2.18. The van der Waals surface area contributed by atoms with Crippen molar-refractivity contribution < 1.29 is 19.4 Å². The highest BCUT2D eigenvalue weighted by atomic mass is 16.5. The van der Waals surface area contributed by atoms with Crippen molar-refractivity contribution in [3.63, 3.8) is 0 Å². The smallest absolute Gasteiger partial charge is 0.336 e. The van der Waals surface area contributed by atoms with Crippen molar-refractivity contribution in [1.29, 1.82) is 0 Å². The average molecular weight is 340 g/mol. The van der Waals surface area contributed by atoms with Crippen LogP contribution in [0, 0.1) is 0 Å². The summed E-state index contributed by atoms with van der Waals surface area (Å²) in [7, 11) is 0. The summed E-state index contributed by atoms with van der Waals surface area (Å²) >= 11 is 0. The van der Waals surface area contributed by atoms with Crippen LogP contribution in [0.1, 0.15) is 41.3 Å². The molecule has 0 heterocycles. The van der Waals surface area contributed by atoms with Gasteiger partial charge >= 0.3 is 5.97 Å². The Kier molecular flexibility index (Phi) is 6.28. The second-order valence-electron chi connectivity index (χ2n) is 5.70. The zero-order valence-electron chi connectivity index (χ0n) is 14.1. The molecule has 0 atom stereocenters. The normalized spacial score (nSPS) is 10.8. The molecule has 6 nitrogen and oxygen atoms in total. The quantitative estimate of drug-likeness (QED) is 0.599. The van der Waals surface area contributed by atoms with E-state index in [4.69, 9.17) is 9.84 Å². The molecule has 130 valence electrons. The molecule has 25 heavy (non-hydrogen) atoms. The van der Waals surface area contributed by atoms with Gasteiger partial charge in [0.1, 0.15) is 5.75 Å². The molecule has 0 saturated carbocycles. The lowest BCUT2D eigenvalue weighted by molar-refractivity contribution is -0.123. The predicted octanol–water partition coefficient (Wildman–Crippen LogP) is 3.04. The van der Waals surface area contributed by atoms with Gasteiger partial charge in [-0.1, -0.05) is 44.2 Å². The van der Waals surface area contributed by atoms with Gasteiger partial charge in [-0.25, -0.2) is 10.2 Å². The second kappa shape index (κ2) is 8.63. The van der Waals surface area contributed by atoms with Crippen LogP contribution in [0.4, 0.5) is 0 Å². The summed E-state index contributed by atoms with van der Waals surface area (Å²) in [6, 6.07) is 13.9. The van der Waals surface area contributed by atoms with Crippen molar-refractivity contribution in [1.82, 2.24) is 5.43 Å². The standard InChI is InChI=1S/C19H20N2O4/c1-13(2)14-7-9-16(10-8-14)25-12-18(22)21-20-11-15-5-3-4-6-17(15)19(23)24/h3-11,13H,12H2,1-2H3,(H,21,22)(H,23,24)/b20-11+. The Bertz CT molecular complexity index is 767. The van der Waals surface area contributed by atoms with E-state index in [1.54, 1.807) is 18.2 Å². The van der Waals surface area contributed by atoms with Crippen LogP contribution in [0.3, 0.4) is 0 Å². The first-order chi connectivity index (χ1) is 12.0. The highest BCUT2D eigenvalue weighted by Gasteiger charge is 2.07. The molecule has 2 aromatic rings. The third kappa shape index (κ3) is 5.46. The van der Waals surface area contributed by atoms with E-state index in [1.807, 2.05) is 24.3 Å². The number of aromatic carboxylic acids is 1. The van der Waals surface area contributed by atoms with Gasteiger partial charge in [0.2, 0.25) is 0 Å². The fourth-order valence-corrected chi connectivity index (χ4v) is 2.11. The number of carbonyl (C=O) groups excluding carboxylic acids is 1. The summed E-state index contributed by atoms with van der Waals surface area (Å²) < 4.78 is 5.39. The number of amides is 1. The fraction of sp³-hybridized carbons (Fsp3) is 0.211. The molecule has 0 saturated heterocycles. The third-order valence-corrected chi connectivity index (χ3v) is 3.50. The van der Waals surface area contributed by atoms with Crippen LogP contribution in [0.15, 0.2) is 53.6 Å². The summed E-state index contributed by atoms with van der Waals surface area (Å²) in [5, 5.41) is 12.8. The molecule has 0 spiro atoms. The molecule has 1 amide bonds. The Labute approximate surface area is 146 Å². The monoisotopic (exact) mass is 340 g/mol. The Morgan fingerprint density at radius 3 is 2.48 bits per heavy atom. The molecule has 0 aromatic heterocycles. The van der Waals surface area contributed by atoms with E-state index in [1.165, 1.54) is 17.8 Å². The van der Waals surface area contributed by atoms with Crippen molar-refractivity contribution >= 4 is 18.1 Å². The molecular formula is C19H20N2O4. The molecule has 0 aliphatic heterocycles. The number of rotatable bonds is 7. The number of nitrogens with zero attached hydrogens (tertiary/aromatic N) is 1. The summed E-state index contributed by atoms with van der Waals surface area (Å²) in [4.78, 5) is 22.8. The number of hydrogen-bond acceptors (Lipinski definition) is 4. The minimum Gasteiger partial charge on any atom is -0.484 e. The van der Waals surface area contributed by atoms with Crippen molar-refractivity contribution in [2.45, 2.75) is 19.8 Å². The van der Waals surface area contributed by atoms with Crippen LogP contribution in [0.5, 0.6) is 5.75 Å². The molecule has 0 aliphatic rings. The predicted molar refractivity (Wildman–Crippen MR) is 95.2 cm³/mol. The van der Waals surface area contributed by atoms with Gasteiger partial charge in [0.15, 0.2) is 6.61 Å². The van der Waals surface area contributed by atoms with E-state index in [0.717, 1.165) is 0 Å². The molecule has 0 radical (unpaired) electrons. The van der Waals surface area contributed by atoms with Gasteiger partial charge in [0.05, 0.1) is 11.8 Å². The Morgan fingerprint density at radius 2 is 1.84 bits per heavy atom. The van der Waals surface area contributed by atoms with Gasteiger partial charge < -0.3 is 9.84 Å². The van der Waals surface area contributed by atoms with Crippen molar-refractivity contribution in [2.24, 2.45) is 5.10 Å². The number of carboxylic acids is 1. The molecule has 2 N–H and O–H groups in total. The third-order valence-electron chi connectivity index (χ3n) is 3.50. The highest BCUT2D eigenvalue weighted by molar-refractivity contribution is 5.98. The van der Waals surface area contributed by atoms with Crippen molar-refractivity contribution in [3.05, 3.63) is 65.2 Å². The maximum atomic E-state index is 11.7. The van der Waals surface area contributed by atoms with Crippen molar-refractivity contribution in [3.8, 4) is 5.75 Å². The molecule has 2 aromatic carbocycles. The number of nitrogens with one attached hydrogen (secondary N) is 1. The number of hydrazone groups is 1. The molecule has 6 heteroatoms. The summed E-state index contributed by atoms with van der Waals surface area (Å²) in [5.74, 6) is -0.460. The fourth-order valence-electron chi connectivity index (χ4n) is 2.11. The Hall–Kier alpha value is -3.15. The van der Waals surface area contributed by atoms with Crippen LogP contribution in [-0.2, 0) is 4.79 Å². The van der Waals surface area contributed by atoms with Gasteiger partial charge in [-0.05, 0) is 29.7 Å². The van der Waals surface area contributed by atoms with E-state index in [2.05, 4.69) is 24.4 Å². The van der Waals surface area contributed by atoms with E-state index in [-0.39, 0.29) is 12.2 Å². The van der Waals surface area contributed by atoms with E-state index in [0.29, 0.717) is 17.2 Å². The maximum Gasteiger partial charge on any atom is 0.336 e. The average Bonchev–Trinajstić information content (AvgIpc) is 2.60. The zero-order chi connectivity index (χ0) is 18.2. The summed E-state index contributed by atoms with van der Waals surface area (Å²) in [5.41, 5.74) is 4.02. The minimum atomic E-state index is -1.05. The maximum absolute atomic E-state index is 11.7. The van der Waals surface area contributed by atoms with Crippen LogP contribution in [0.2, 0.25) is 0 Å². The number of ether oxygens (including phenoxy) is 1. The van der Waals surface area contributed by atoms with Gasteiger partial charge in [0.25, 0.3) is 5.91 Å². The van der Waals surface area contributed by atoms with Gasteiger partial charge in [-0.3, -0.25) is 4.79 Å². The molecule has 0 aliphatic carbocycles. The van der Waals surface area contributed by atoms with Gasteiger partial charge in [-0.2, -0.15) is 5.10 Å². The number of hydrogen-bond donors (Lipinski definition) is 2. The number of carboxylic acid groups (broad SMARTS) is 1. The lowest BCUT2D eigenvalue weighted by Crippen LogP contribution is -2.24. The van der Waals surface area contributed by atoms with E-state index >= 15 is 0 Å². The lowest BCUT2D eigenvalue weighted by atomic mass is 10.0. The second-order valence-corrected chi connectivity index (χ2v) is 5.70. The molecule has 0 bridgehead atoms. The van der Waals surface area contributed by atoms with Crippen LogP contribution in [-0.4, -0.2) is 29.8 Å². The molecule has 0 fully saturated rings. The Balaban J connectivity index is 1.85. The van der Waals surface area contributed by atoms with Crippen LogP contribution >= 0.6 is 0 Å². The Morgan fingerprint density at radius 1 is 1.16 bits per heavy atom. The van der Waals surface area contributed by atoms with Crippen LogP contribution < -0.4 is 10.2 Å². The molecule has 0 unspecified atom stereocenters. The lowest BCUT2D eigenvalue weighted by Gasteiger charge is -2.08. The van der Waals surface area contributed by atoms with Gasteiger partial charge in [-0.15, -0.1) is 0 Å². The summed E-state index contributed by atoms with van der Waals surface area (Å²) in [6.45, 7) is 4.02.